The highest BCUT2D eigenvalue weighted by atomic mass is 32.1. The number of halogens is 1. The lowest BCUT2D eigenvalue weighted by molar-refractivity contribution is 0.262. The van der Waals surface area contributed by atoms with Crippen LogP contribution in [0.1, 0.15) is 31.7 Å². The van der Waals surface area contributed by atoms with Crippen LogP contribution in [0.25, 0.3) is 0 Å². The van der Waals surface area contributed by atoms with Crippen LogP contribution in [0, 0.1) is 12.7 Å². The van der Waals surface area contributed by atoms with Crippen molar-refractivity contribution in [3.63, 3.8) is 0 Å². The fraction of sp³-hybridized carbons (Fsp3) is 0.438. The van der Waals surface area contributed by atoms with Gasteiger partial charge in [0, 0.05) is 18.3 Å². The minimum Gasteiger partial charge on any atom is -0.344 e. The van der Waals surface area contributed by atoms with Crippen molar-refractivity contribution in [2.24, 2.45) is 0 Å². The van der Waals surface area contributed by atoms with E-state index in [0.717, 1.165) is 24.5 Å². The van der Waals surface area contributed by atoms with E-state index in [9.17, 15) is 9.18 Å². The van der Waals surface area contributed by atoms with Crippen LogP contribution < -0.4 is 15.5 Å². The number of carbonyl (C=O) groups is 1. The summed E-state index contributed by atoms with van der Waals surface area (Å²) in [5, 5.41) is 14.7. The van der Waals surface area contributed by atoms with Crippen molar-refractivity contribution in [3.05, 3.63) is 29.6 Å². The van der Waals surface area contributed by atoms with E-state index < -0.39 is 6.03 Å². The maximum atomic E-state index is 13.5. The molecule has 1 aromatic heterocycles. The van der Waals surface area contributed by atoms with Crippen molar-refractivity contribution < 1.29 is 9.18 Å². The third-order valence-electron chi connectivity index (χ3n) is 4.11. The smallest absolute Gasteiger partial charge is 0.325 e. The summed E-state index contributed by atoms with van der Waals surface area (Å²) in [6.07, 6.45) is 3.52. The Morgan fingerprint density at radius 3 is 2.92 bits per heavy atom. The molecule has 1 fully saturated rings. The van der Waals surface area contributed by atoms with Gasteiger partial charge in [-0.2, -0.15) is 0 Å². The van der Waals surface area contributed by atoms with Crippen LogP contribution in [0.2, 0.25) is 0 Å². The Morgan fingerprint density at radius 2 is 2.17 bits per heavy atom. The number of aryl methyl sites for hydroxylation is 1. The number of nitrogens with one attached hydrogen (secondary N) is 2. The summed E-state index contributed by atoms with van der Waals surface area (Å²) in [6, 6.07) is 4.53. The summed E-state index contributed by atoms with van der Waals surface area (Å²) >= 11 is 1.35. The molecule has 8 heteroatoms. The SMILES string of the molecule is Cc1ccc(NC(=O)Nc2nnc(N3CCCCC3C)s2)cc1F. The molecule has 0 radical (unpaired) electrons. The fourth-order valence-electron chi connectivity index (χ4n) is 2.69. The summed E-state index contributed by atoms with van der Waals surface area (Å²) in [6.45, 7) is 4.81. The molecule has 6 nitrogen and oxygen atoms in total. The minimum atomic E-state index is -0.465. The number of amides is 2. The Kier molecular flexibility index (Phi) is 4.94. The number of nitrogens with zero attached hydrogens (tertiary/aromatic N) is 3. The molecule has 2 amide bonds. The number of rotatable bonds is 3. The number of benzene rings is 1. The van der Waals surface area contributed by atoms with Crippen LogP contribution in [0.4, 0.5) is 25.1 Å². The summed E-state index contributed by atoms with van der Waals surface area (Å²) in [7, 11) is 0. The Hall–Kier alpha value is -2.22. The third-order valence-corrected chi connectivity index (χ3v) is 4.99. The van der Waals surface area contributed by atoms with Crippen LogP contribution in [-0.2, 0) is 0 Å². The second-order valence-electron chi connectivity index (χ2n) is 5.97. The lowest BCUT2D eigenvalue weighted by Gasteiger charge is -2.32. The zero-order valence-electron chi connectivity index (χ0n) is 13.7. The van der Waals surface area contributed by atoms with Crippen molar-refractivity contribution in [1.29, 1.82) is 0 Å². The second-order valence-corrected chi connectivity index (χ2v) is 6.93. The minimum absolute atomic E-state index is 0.356. The molecule has 128 valence electrons. The van der Waals surface area contributed by atoms with E-state index in [4.69, 9.17) is 0 Å². The molecule has 0 saturated carbocycles. The first-order chi connectivity index (χ1) is 11.5. The predicted octanol–water partition coefficient (Wildman–Crippen LogP) is 4.01. The molecule has 2 heterocycles. The van der Waals surface area contributed by atoms with E-state index in [0.29, 0.717) is 22.4 Å². The normalized spacial score (nSPS) is 17.6. The van der Waals surface area contributed by atoms with Gasteiger partial charge in [0.15, 0.2) is 0 Å². The zero-order valence-corrected chi connectivity index (χ0v) is 14.5. The van der Waals surface area contributed by atoms with Gasteiger partial charge in [-0.05, 0) is 50.8 Å². The lowest BCUT2D eigenvalue weighted by Crippen LogP contribution is -2.37. The van der Waals surface area contributed by atoms with Gasteiger partial charge in [0.25, 0.3) is 0 Å². The van der Waals surface area contributed by atoms with Crippen LogP contribution in [0.3, 0.4) is 0 Å². The summed E-state index contributed by atoms with van der Waals surface area (Å²) in [4.78, 5) is 14.2. The average molecular weight is 349 g/mol. The molecule has 2 aromatic rings. The number of urea groups is 1. The highest BCUT2D eigenvalue weighted by Gasteiger charge is 2.22. The summed E-state index contributed by atoms with van der Waals surface area (Å²) in [5.74, 6) is -0.356. The first kappa shape index (κ1) is 16.6. The molecule has 1 aromatic carbocycles. The van der Waals surface area contributed by atoms with Crippen molar-refractivity contribution >= 4 is 33.3 Å². The first-order valence-corrected chi connectivity index (χ1v) is 8.79. The van der Waals surface area contributed by atoms with E-state index in [2.05, 4.69) is 32.7 Å². The number of aromatic nitrogens is 2. The largest absolute Gasteiger partial charge is 0.344 e. The van der Waals surface area contributed by atoms with Crippen molar-refractivity contribution in [2.75, 3.05) is 22.1 Å². The van der Waals surface area contributed by atoms with E-state index in [-0.39, 0.29) is 5.82 Å². The number of anilines is 3. The van der Waals surface area contributed by atoms with Crippen LogP contribution in [-0.4, -0.2) is 28.8 Å². The predicted molar refractivity (Wildman–Crippen MR) is 94.3 cm³/mol. The van der Waals surface area contributed by atoms with Crippen LogP contribution >= 0.6 is 11.3 Å². The average Bonchev–Trinajstić information content (AvgIpc) is 2.99. The molecular weight excluding hydrogens is 329 g/mol. The Morgan fingerprint density at radius 1 is 1.33 bits per heavy atom. The van der Waals surface area contributed by atoms with Gasteiger partial charge in [0.2, 0.25) is 10.3 Å². The zero-order chi connectivity index (χ0) is 17.1. The molecule has 1 aliphatic heterocycles. The topological polar surface area (TPSA) is 70.1 Å². The molecular formula is C16H20FN5OS. The Bertz CT molecular complexity index is 735. The molecule has 0 bridgehead atoms. The molecule has 1 unspecified atom stereocenters. The molecule has 1 atom stereocenters. The highest BCUT2D eigenvalue weighted by molar-refractivity contribution is 7.19. The standard InChI is InChI=1S/C16H20FN5OS/c1-10-6-7-12(9-13(10)17)18-14(23)19-15-20-21-16(24-15)22-8-4-3-5-11(22)2/h6-7,9,11H,3-5,8H2,1-2H3,(H2,18,19,20,23). The molecule has 0 aliphatic carbocycles. The number of hydrogen-bond acceptors (Lipinski definition) is 5. The van der Waals surface area contributed by atoms with Crippen molar-refractivity contribution in [2.45, 2.75) is 39.2 Å². The van der Waals surface area contributed by atoms with Gasteiger partial charge < -0.3 is 10.2 Å². The monoisotopic (exact) mass is 349 g/mol. The van der Waals surface area contributed by atoms with Gasteiger partial charge in [0.1, 0.15) is 5.82 Å². The quantitative estimate of drug-likeness (QED) is 0.878. The summed E-state index contributed by atoms with van der Waals surface area (Å²) < 4.78 is 13.5. The van der Waals surface area contributed by atoms with E-state index in [1.165, 1.54) is 23.8 Å². The third kappa shape index (κ3) is 3.81. The van der Waals surface area contributed by atoms with Gasteiger partial charge in [0.05, 0.1) is 0 Å². The number of hydrogen-bond donors (Lipinski definition) is 2. The van der Waals surface area contributed by atoms with Crippen LogP contribution in [0.15, 0.2) is 18.2 Å². The molecule has 2 N–H and O–H groups in total. The van der Waals surface area contributed by atoms with E-state index in [1.54, 1.807) is 19.1 Å². The molecule has 0 spiro atoms. The number of carbonyl (C=O) groups excluding carboxylic acids is 1. The number of piperidine rings is 1. The van der Waals surface area contributed by atoms with Gasteiger partial charge in [-0.25, -0.2) is 9.18 Å². The highest BCUT2D eigenvalue weighted by Crippen LogP contribution is 2.29. The molecule has 24 heavy (non-hydrogen) atoms. The second kappa shape index (κ2) is 7.12. The van der Waals surface area contributed by atoms with Gasteiger partial charge in [-0.3, -0.25) is 5.32 Å². The Balaban J connectivity index is 1.61. The maximum Gasteiger partial charge on any atom is 0.325 e. The lowest BCUT2D eigenvalue weighted by atomic mass is 10.1. The van der Waals surface area contributed by atoms with Gasteiger partial charge in [-0.1, -0.05) is 17.4 Å². The Labute approximate surface area is 144 Å². The van der Waals surface area contributed by atoms with E-state index >= 15 is 0 Å². The van der Waals surface area contributed by atoms with Gasteiger partial charge >= 0.3 is 6.03 Å². The first-order valence-electron chi connectivity index (χ1n) is 7.97. The summed E-state index contributed by atoms with van der Waals surface area (Å²) in [5.41, 5.74) is 0.926. The van der Waals surface area contributed by atoms with Crippen molar-refractivity contribution in [3.8, 4) is 0 Å². The molecule has 3 rings (SSSR count). The van der Waals surface area contributed by atoms with Crippen LogP contribution in [0.5, 0.6) is 0 Å². The molecule has 1 aliphatic rings. The van der Waals surface area contributed by atoms with E-state index in [1.807, 2.05) is 0 Å². The van der Waals surface area contributed by atoms with Crippen molar-refractivity contribution in [1.82, 2.24) is 10.2 Å². The molecule has 1 saturated heterocycles. The van der Waals surface area contributed by atoms with Gasteiger partial charge in [-0.15, -0.1) is 10.2 Å². The fourth-order valence-corrected chi connectivity index (χ4v) is 3.56. The maximum absolute atomic E-state index is 13.5.